The van der Waals surface area contributed by atoms with Crippen LogP contribution in [0.1, 0.15) is 46.5 Å². The highest BCUT2D eigenvalue weighted by atomic mass is 16.6. The lowest BCUT2D eigenvalue weighted by molar-refractivity contribution is -0.173. The Balaban J connectivity index is 2.54. The van der Waals surface area contributed by atoms with Gasteiger partial charge in [-0.15, -0.1) is 0 Å². The summed E-state index contributed by atoms with van der Waals surface area (Å²) in [5.41, 5.74) is -1.94. The Morgan fingerprint density at radius 2 is 1.72 bits per heavy atom. The van der Waals surface area contributed by atoms with Crippen LogP contribution >= 0.6 is 0 Å². The molecule has 0 amide bonds. The fraction of sp³-hybridized carbons (Fsp3) is 0.846. The van der Waals surface area contributed by atoms with Crippen molar-refractivity contribution in [2.45, 2.75) is 57.7 Å². The van der Waals surface area contributed by atoms with E-state index in [4.69, 9.17) is 4.74 Å². The summed E-state index contributed by atoms with van der Waals surface area (Å²) in [7, 11) is 1.25. The van der Waals surface area contributed by atoms with Crippen LogP contribution in [-0.2, 0) is 19.1 Å². The lowest BCUT2D eigenvalue weighted by atomic mass is 9.79. The average molecular weight is 258 g/mol. The largest absolute Gasteiger partial charge is 0.467 e. The smallest absolute Gasteiger partial charge is 0.337 e. The summed E-state index contributed by atoms with van der Waals surface area (Å²) in [5, 5.41) is 10.0. The molecular weight excluding hydrogens is 236 g/mol. The lowest BCUT2D eigenvalue weighted by Crippen LogP contribution is -2.44. The van der Waals surface area contributed by atoms with Crippen molar-refractivity contribution in [1.29, 1.82) is 0 Å². The minimum Gasteiger partial charge on any atom is -0.467 e. The first-order valence-corrected chi connectivity index (χ1v) is 6.21. The zero-order valence-corrected chi connectivity index (χ0v) is 11.5. The van der Waals surface area contributed by atoms with Crippen molar-refractivity contribution >= 4 is 11.9 Å². The Labute approximate surface area is 107 Å². The third-order valence-corrected chi connectivity index (χ3v) is 3.12. The van der Waals surface area contributed by atoms with Crippen molar-refractivity contribution in [2.75, 3.05) is 7.11 Å². The Kier molecular flexibility index (Phi) is 4.37. The Hall–Kier alpha value is -1.10. The highest BCUT2D eigenvalue weighted by Crippen LogP contribution is 2.34. The molecule has 0 aromatic heterocycles. The minimum atomic E-state index is -1.44. The Morgan fingerprint density at radius 1 is 1.22 bits per heavy atom. The molecule has 1 aliphatic carbocycles. The van der Waals surface area contributed by atoms with Gasteiger partial charge in [-0.3, -0.25) is 4.79 Å². The fourth-order valence-corrected chi connectivity index (χ4v) is 2.11. The molecule has 18 heavy (non-hydrogen) atoms. The maximum Gasteiger partial charge on any atom is 0.337 e. The van der Waals surface area contributed by atoms with Gasteiger partial charge < -0.3 is 14.6 Å². The van der Waals surface area contributed by atoms with Crippen LogP contribution in [0.2, 0.25) is 0 Å². The van der Waals surface area contributed by atoms with Crippen LogP contribution in [-0.4, -0.2) is 35.4 Å². The zero-order chi connectivity index (χ0) is 14.0. The normalized spacial score (nSPS) is 28.6. The van der Waals surface area contributed by atoms with Gasteiger partial charge in [0.25, 0.3) is 0 Å². The molecule has 5 heteroatoms. The summed E-state index contributed by atoms with van der Waals surface area (Å²) in [6.45, 7) is 5.45. The average Bonchev–Trinajstić information content (AvgIpc) is 2.26. The molecule has 0 aromatic rings. The molecule has 0 bridgehead atoms. The predicted octanol–water partition coefficient (Wildman–Crippen LogP) is 1.42. The number of hydrogen-bond acceptors (Lipinski definition) is 5. The second-order valence-electron chi connectivity index (χ2n) is 5.83. The highest BCUT2D eigenvalue weighted by Gasteiger charge is 2.43. The highest BCUT2D eigenvalue weighted by molar-refractivity contribution is 5.80. The van der Waals surface area contributed by atoms with Crippen LogP contribution in [0.4, 0.5) is 0 Å². The molecule has 0 atom stereocenters. The van der Waals surface area contributed by atoms with Crippen LogP contribution in [0, 0.1) is 5.92 Å². The van der Waals surface area contributed by atoms with E-state index in [0.29, 0.717) is 12.8 Å². The van der Waals surface area contributed by atoms with Gasteiger partial charge in [-0.25, -0.2) is 4.79 Å². The van der Waals surface area contributed by atoms with E-state index in [1.54, 1.807) is 0 Å². The summed E-state index contributed by atoms with van der Waals surface area (Å²) in [6.07, 6.45) is 1.37. The van der Waals surface area contributed by atoms with Gasteiger partial charge in [0.05, 0.1) is 13.0 Å². The van der Waals surface area contributed by atoms with E-state index < -0.39 is 17.2 Å². The molecule has 0 spiro atoms. The van der Waals surface area contributed by atoms with Crippen LogP contribution in [0.15, 0.2) is 0 Å². The van der Waals surface area contributed by atoms with Gasteiger partial charge in [0.1, 0.15) is 5.60 Å². The second-order valence-corrected chi connectivity index (χ2v) is 5.83. The van der Waals surface area contributed by atoms with Gasteiger partial charge in [-0.1, -0.05) is 0 Å². The van der Waals surface area contributed by atoms with E-state index in [9.17, 15) is 14.7 Å². The number of esters is 2. The van der Waals surface area contributed by atoms with Crippen molar-refractivity contribution in [3.63, 3.8) is 0 Å². The molecule has 0 aliphatic heterocycles. The van der Waals surface area contributed by atoms with Crippen molar-refractivity contribution < 1.29 is 24.2 Å². The van der Waals surface area contributed by atoms with E-state index in [1.165, 1.54) is 7.11 Å². The SMILES string of the molecule is COC(=O)C1(O)CCC(C(=O)OC(C)(C)C)CC1. The standard InChI is InChI=1S/C13H22O5/c1-12(2,3)18-10(14)9-5-7-13(16,8-6-9)11(15)17-4/h9,16H,5-8H2,1-4H3. The molecule has 5 nitrogen and oxygen atoms in total. The molecule has 1 saturated carbocycles. The van der Waals surface area contributed by atoms with Gasteiger partial charge in [0.2, 0.25) is 0 Å². The maximum absolute atomic E-state index is 11.8. The molecule has 0 heterocycles. The third kappa shape index (κ3) is 3.70. The molecule has 1 fully saturated rings. The van der Waals surface area contributed by atoms with Crippen LogP contribution in [0.25, 0.3) is 0 Å². The molecule has 0 saturated heterocycles. The van der Waals surface area contributed by atoms with Gasteiger partial charge in [-0.2, -0.15) is 0 Å². The predicted molar refractivity (Wildman–Crippen MR) is 64.8 cm³/mol. The van der Waals surface area contributed by atoms with Gasteiger partial charge in [-0.05, 0) is 46.5 Å². The van der Waals surface area contributed by atoms with Gasteiger partial charge >= 0.3 is 11.9 Å². The van der Waals surface area contributed by atoms with Crippen molar-refractivity contribution in [3.05, 3.63) is 0 Å². The van der Waals surface area contributed by atoms with Crippen molar-refractivity contribution in [3.8, 4) is 0 Å². The number of carbonyl (C=O) groups is 2. The van der Waals surface area contributed by atoms with Crippen LogP contribution in [0.5, 0.6) is 0 Å². The summed E-state index contributed by atoms with van der Waals surface area (Å²) in [5.74, 6) is -1.12. The second kappa shape index (κ2) is 5.26. The van der Waals surface area contributed by atoms with E-state index in [1.807, 2.05) is 20.8 Å². The monoisotopic (exact) mass is 258 g/mol. The Morgan fingerprint density at radius 3 is 2.11 bits per heavy atom. The summed E-state index contributed by atoms with van der Waals surface area (Å²) in [6, 6.07) is 0. The fourth-order valence-electron chi connectivity index (χ4n) is 2.11. The number of methoxy groups -OCH3 is 1. The Bertz CT molecular complexity index is 321. The number of carbonyl (C=O) groups excluding carboxylic acids is 2. The van der Waals surface area contributed by atoms with Crippen LogP contribution in [0.3, 0.4) is 0 Å². The first kappa shape index (κ1) is 15.0. The topological polar surface area (TPSA) is 72.8 Å². The quantitative estimate of drug-likeness (QED) is 0.758. The molecule has 1 rings (SSSR count). The summed E-state index contributed by atoms with van der Waals surface area (Å²) >= 11 is 0. The summed E-state index contributed by atoms with van der Waals surface area (Å²) in [4.78, 5) is 23.2. The molecule has 0 unspecified atom stereocenters. The molecule has 1 N–H and O–H groups in total. The zero-order valence-electron chi connectivity index (χ0n) is 11.5. The van der Waals surface area contributed by atoms with E-state index in [-0.39, 0.29) is 24.7 Å². The third-order valence-electron chi connectivity index (χ3n) is 3.12. The van der Waals surface area contributed by atoms with E-state index >= 15 is 0 Å². The molecule has 1 aliphatic rings. The van der Waals surface area contributed by atoms with Crippen LogP contribution < -0.4 is 0 Å². The first-order valence-electron chi connectivity index (χ1n) is 6.21. The molecule has 0 aromatic carbocycles. The molecule has 104 valence electrons. The van der Waals surface area contributed by atoms with Crippen molar-refractivity contribution in [2.24, 2.45) is 5.92 Å². The van der Waals surface area contributed by atoms with E-state index in [2.05, 4.69) is 4.74 Å². The number of aliphatic hydroxyl groups is 1. The summed E-state index contributed by atoms with van der Waals surface area (Å²) < 4.78 is 9.86. The van der Waals surface area contributed by atoms with Crippen molar-refractivity contribution in [1.82, 2.24) is 0 Å². The molecular formula is C13H22O5. The molecule has 0 radical (unpaired) electrons. The van der Waals surface area contributed by atoms with Gasteiger partial charge in [0.15, 0.2) is 5.60 Å². The van der Waals surface area contributed by atoms with Gasteiger partial charge in [0, 0.05) is 0 Å². The number of hydrogen-bond donors (Lipinski definition) is 1. The first-order chi connectivity index (χ1) is 8.18. The lowest BCUT2D eigenvalue weighted by Gasteiger charge is -2.33. The minimum absolute atomic E-state index is 0.240. The van der Waals surface area contributed by atoms with E-state index in [0.717, 1.165) is 0 Å². The number of rotatable bonds is 2. The maximum atomic E-state index is 11.8. The number of ether oxygens (including phenoxy) is 2.